The second kappa shape index (κ2) is 9.59. The minimum atomic E-state index is -2.05. The fraction of sp³-hybridized carbons (Fsp3) is 1.00. The second-order valence-corrected chi connectivity index (χ2v) is 20.5. The summed E-state index contributed by atoms with van der Waals surface area (Å²) in [6.07, 6.45) is 2.18. The zero-order chi connectivity index (χ0) is 16.6. The lowest BCUT2D eigenvalue weighted by Crippen LogP contribution is -2.52. The Balaban J connectivity index is 4.23. The first-order valence-electron chi connectivity index (χ1n) is 7.94. The van der Waals surface area contributed by atoms with Crippen LogP contribution < -0.4 is 0 Å². The van der Waals surface area contributed by atoms with E-state index >= 15 is 0 Å². The molecule has 0 aliphatic carbocycles. The summed E-state index contributed by atoms with van der Waals surface area (Å²) >= 11 is 0. The molecule has 128 valence electrons. The van der Waals surface area contributed by atoms with Crippen LogP contribution in [0.1, 0.15) is 12.8 Å². The fourth-order valence-corrected chi connectivity index (χ4v) is 14.9. The van der Waals surface area contributed by atoms with Gasteiger partial charge in [-0.3, -0.25) is 0 Å². The summed E-state index contributed by atoms with van der Waals surface area (Å²) < 4.78 is 23.4. The molecular weight excluding hydrogens is 316 g/mol. The van der Waals surface area contributed by atoms with Gasteiger partial charge < -0.3 is 17.7 Å². The largest absolute Gasteiger partial charge is 0.437 e. The van der Waals surface area contributed by atoms with E-state index in [1.807, 2.05) is 0 Å². The third kappa shape index (κ3) is 13.9. The van der Waals surface area contributed by atoms with Crippen LogP contribution in [0.3, 0.4) is 0 Å². The predicted molar refractivity (Wildman–Crippen MR) is 97.2 cm³/mol. The van der Waals surface area contributed by atoms with Crippen molar-refractivity contribution in [2.24, 2.45) is 0 Å². The van der Waals surface area contributed by atoms with E-state index < -0.39 is 25.2 Å². The molecule has 0 aromatic carbocycles. The summed E-state index contributed by atoms with van der Waals surface area (Å²) in [5.41, 5.74) is 0. The molecule has 0 amide bonds. The first kappa shape index (κ1) is 21.5. The molecule has 21 heavy (non-hydrogen) atoms. The minimum absolute atomic E-state index is 0.671. The average molecular weight is 353 g/mol. The highest BCUT2D eigenvalue weighted by Crippen LogP contribution is 2.25. The molecule has 4 nitrogen and oxygen atoms in total. The maximum absolute atomic E-state index is 6.48. The second-order valence-electron chi connectivity index (χ2n) is 7.62. The zero-order valence-electron chi connectivity index (χ0n) is 15.4. The lowest BCUT2D eigenvalue weighted by Gasteiger charge is -2.38. The molecule has 0 atom stereocenters. The van der Waals surface area contributed by atoms with Gasteiger partial charge in [0.2, 0.25) is 0 Å². The molecule has 0 N–H and O–H groups in total. The topological polar surface area (TPSA) is 36.9 Å². The Bertz CT molecular complexity index is 258. The molecule has 0 radical (unpaired) electrons. The molecule has 0 aromatic rings. The van der Waals surface area contributed by atoms with Gasteiger partial charge in [-0.1, -0.05) is 0 Å². The number of unbranched alkanes of at least 4 members (excludes halogenated alkanes) is 1. The van der Waals surface area contributed by atoms with Crippen LogP contribution in [0.5, 0.6) is 0 Å². The van der Waals surface area contributed by atoms with Crippen molar-refractivity contribution in [3.8, 4) is 0 Å². The van der Waals surface area contributed by atoms with Crippen molar-refractivity contribution in [3.05, 3.63) is 0 Å². The van der Waals surface area contributed by atoms with Gasteiger partial charge in [0.25, 0.3) is 0 Å². The first-order chi connectivity index (χ1) is 9.47. The summed E-state index contributed by atoms with van der Waals surface area (Å²) in [5, 5.41) is 0. The average Bonchev–Trinajstić information content (AvgIpc) is 2.22. The molecule has 0 heterocycles. The van der Waals surface area contributed by atoms with Crippen LogP contribution in [0.4, 0.5) is 0 Å². The van der Waals surface area contributed by atoms with E-state index in [1.54, 1.807) is 7.11 Å². The van der Waals surface area contributed by atoms with Gasteiger partial charge in [0, 0.05) is 13.7 Å². The van der Waals surface area contributed by atoms with Gasteiger partial charge in [-0.2, -0.15) is 0 Å². The maximum atomic E-state index is 6.48. The molecule has 0 rings (SSSR count). The quantitative estimate of drug-likeness (QED) is 0.389. The Morgan fingerprint density at radius 3 is 1.62 bits per heavy atom. The molecular formula is C14H36O4Si3. The third-order valence-corrected chi connectivity index (χ3v) is 12.3. The van der Waals surface area contributed by atoms with Crippen molar-refractivity contribution in [2.45, 2.75) is 64.7 Å². The SMILES string of the molecule is COCCOCCCC[Si](C)(O[Si](C)(C)C)O[Si](C)(C)C. The van der Waals surface area contributed by atoms with Crippen molar-refractivity contribution in [1.29, 1.82) is 0 Å². The van der Waals surface area contributed by atoms with Crippen molar-refractivity contribution < 1.29 is 17.7 Å². The molecule has 0 aliphatic rings. The highest BCUT2D eigenvalue weighted by atomic mass is 28.5. The summed E-state index contributed by atoms with van der Waals surface area (Å²) in [6.45, 7) is 17.9. The number of ether oxygens (including phenoxy) is 2. The molecule has 7 heteroatoms. The fourth-order valence-electron chi connectivity index (χ4n) is 2.31. The van der Waals surface area contributed by atoms with Gasteiger partial charge in [0.1, 0.15) is 0 Å². The molecule has 0 aliphatic heterocycles. The standard InChI is InChI=1S/C14H36O4Si3/c1-15-12-13-16-11-9-10-14-21(8,17-19(2,3)4)18-20(5,6)7/h9-14H2,1-8H3. The van der Waals surface area contributed by atoms with E-state index in [0.29, 0.717) is 13.2 Å². The zero-order valence-corrected chi connectivity index (χ0v) is 18.4. The van der Waals surface area contributed by atoms with E-state index in [-0.39, 0.29) is 0 Å². The highest BCUT2D eigenvalue weighted by Gasteiger charge is 2.39. The van der Waals surface area contributed by atoms with Crippen LogP contribution in [0.25, 0.3) is 0 Å². The van der Waals surface area contributed by atoms with E-state index in [2.05, 4.69) is 45.8 Å². The summed E-state index contributed by atoms with van der Waals surface area (Å²) in [6, 6.07) is 1.06. The molecule has 0 saturated heterocycles. The minimum Gasteiger partial charge on any atom is -0.437 e. The summed E-state index contributed by atoms with van der Waals surface area (Å²) in [4.78, 5) is 0. The normalized spacial score (nSPS) is 13.7. The molecule has 0 saturated carbocycles. The molecule has 0 aromatic heterocycles. The number of rotatable bonds is 12. The van der Waals surface area contributed by atoms with Crippen LogP contribution >= 0.6 is 0 Å². The van der Waals surface area contributed by atoms with E-state index in [0.717, 1.165) is 25.5 Å². The molecule has 0 unspecified atom stereocenters. The summed E-state index contributed by atoms with van der Waals surface area (Å²) in [5.74, 6) is 0. The van der Waals surface area contributed by atoms with Gasteiger partial charge in [0.15, 0.2) is 16.6 Å². The van der Waals surface area contributed by atoms with Crippen LogP contribution in [0, 0.1) is 0 Å². The lowest BCUT2D eigenvalue weighted by atomic mass is 10.4. The molecule has 0 spiro atoms. The Morgan fingerprint density at radius 1 is 0.667 bits per heavy atom. The molecule has 0 fully saturated rings. The monoisotopic (exact) mass is 352 g/mol. The van der Waals surface area contributed by atoms with Crippen LogP contribution in [-0.2, 0) is 17.7 Å². The maximum Gasteiger partial charge on any atom is 0.314 e. The lowest BCUT2D eigenvalue weighted by molar-refractivity contribution is 0.0690. The smallest absolute Gasteiger partial charge is 0.314 e. The van der Waals surface area contributed by atoms with Crippen LogP contribution in [0.2, 0.25) is 51.9 Å². The Morgan fingerprint density at radius 2 is 1.19 bits per heavy atom. The summed E-state index contributed by atoms with van der Waals surface area (Å²) in [7, 11) is -3.49. The van der Waals surface area contributed by atoms with Gasteiger partial charge in [-0.25, -0.2) is 0 Å². The van der Waals surface area contributed by atoms with Crippen LogP contribution in [0.15, 0.2) is 0 Å². The predicted octanol–water partition coefficient (Wildman–Crippen LogP) is 4.20. The van der Waals surface area contributed by atoms with E-state index in [4.69, 9.17) is 17.7 Å². The first-order valence-corrected chi connectivity index (χ1v) is 17.3. The van der Waals surface area contributed by atoms with Gasteiger partial charge in [-0.15, -0.1) is 0 Å². The molecule has 0 bridgehead atoms. The van der Waals surface area contributed by atoms with Gasteiger partial charge in [0.05, 0.1) is 13.2 Å². The third-order valence-electron chi connectivity index (χ3n) is 2.65. The number of hydrogen-bond acceptors (Lipinski definition) is 4. The van der Waals surface area contributed by atoms with Crippen molar-refractivity contribution in [3.63, 3.8) is 0 Å². The van der Waals surface area contributed by atoms with Gasteiger partial charge >= 0.3 is 8.56 Å². The van der Waals surface area contributed by atoms with Crippen molar-refractivity contribution in [1.82, 2.24) is 0 Å². The number of methoxy groups -OCH3 is 1. The Labute approximate surface area is 135 Å². The number of hydrogen-bond donors (Lipinski definition) is 0. The highest BCUT2D eigenvalue weighted by molar-refractivity contribution is 6.87. The van der Waals surface area contributed by atoms with E-state index in [1.165, 1.54) is 0 Å². The Kier molecular flexibility index (Phi) is 9.81. The van der Waals surface area contributed by atoms with Gasteiger partial charge in [-0.05, 0) is 64.7 Å². The Hall–Kier alpha value is 0.491. The van der Waals surface area contributed by atoms with E-state index in [9.17, 15) is 0 Å². The van der Waals surface area contributed by atoms with Crippen molar-refractivity contribution >= 4 is 25.2 Å². The van der Waals surface area contributed by atoms with Crippen molar-refractivity contribution in [2.75, 3.05) is 26.9 Å². The van der Waals surface area contributed by atoms with Crippen LogP contribution in [-0.4, -0.2) is 52.1 Å².